The summed E-state index contributed by atoms with van der Waals surface area (Å²) in [6.07, 6.45) is 11.6. The van der Waals surface area contributed by atoms with Crippen LogP contribution in [0.15, 0.2) is 71.4 Å². The minimum Gasteiger partial charge on any atom is -0.464 e. The second-order valence-electron chi connectivity index (χ2n) is 9.91. The quantitative estimate of drug-likeness (QED) is 0.200. The molecule has 0 bridgehead atoms. The number of hydrogen-bond donors (Lipinski definition) is 3. The Balaban J connectivity index is 1.43. The summed E-state index contributed by atoms with van der Waals surface area (Å²) < 4.78 is 10.5. The van der Waals surface area contributed by atoms with E-state index in [0.29, 0.717) is 25.7 Å². The molecule has 1 aromatic carbocycles. The smallest absolute Gasteiger partial charge is 0.306 e. The minimum absolute atomic E-state index is 0.0915. The fourth-order valence-corrected chi connectivity index (χ4v) is 4.71. The van der Waals surface area contributed by atoms with Crippen LogP contribution in [-0.4, -0.2) is 45.7 Å². The summed E-state index contributed by atoms with van der Waals surface area (Å²) in [7, 11) is 0. The summed E-state index contributed by atoms with van der Waals surface area (Å²) in [6.45, 7) is 3.68. The molecule has 1 fully saturated rings. The average Bonchev–Trinajstić information content (AvgIpc) is 3.46. The highest BCUT2D eigenvalue weighted by atomic mass is 16.5. The summed E-state index contributed by atoms with van der Waals surface area (Å²) >= 11 is 0. The lowest BCUT2D eigenvalue weighted by molar-refractivity contribution is -0.147. The molecule has 0 spiro atoms. The van der Waals surface area contributed by atoms with Gasteiger partial charge in [0.1, 0.15) is 5.76 Å². The second kappa shape index (κ2) is 14.2. The lowest BCUT2D eigenvalue weighted by Crippen LogP contribution is -2.20. The topological polar surface area (TPSA) is 100 Å². The number of allylic oxidation sites excluding steroid dienone is 2. The number of aliphatic hydroxyl groups excluding tert-OH is 3. The van der Waals surface area contributed by atoms with Crippen LogP contribution >= 0.6 is 0 Å². The second-order valence-corrected chi connectivity index (χ2v) is 9.91. The SMILES string of the molecule is CC(C)OC(=O)CCC/C=C\C[C@@H]1[C@@H](/C=C/[C@@H](O)CCc2ccc(-c3ccco3)cc2)[C@H](O)C[C@@H]1O. The Morgan fingerprint density at radius 2 is 1.92 bits per heavy atom. The van der Waals surface area contributed by atoms with Crippen molar-refractivity contribution in [3.8, 4) is 11.3 Å². The van der Waals surface area contributed by atoms with Crippen LogP contribution in [0.25, 0.3) is 11.3 Å². The zero-order valence-corrected chi connectivity index (χ0v) is 21.3. The van der Waals surface area contributed by atoms with Crippen LogP contribution in [0.4, 0.5) is 0 Å². The van der Waals surface area contributed by atoms with Crippen LogP contribution in [0.5, 0.6) is 0 Å². The van der Waals surface area contributed by atoms with Gasteiger partial charge in [0, 0.05) is 24.3 Å². The highest BCUT2D eigenvalue weighted by molar-refractivity contribution is 5.69. The largest absolute Gasteiger partial charge is 0.464 e. The van der Waals surface area contributed by atoms with Crippen molar-refractivity contribution in [2.75, 3.05) is 0 Å². The molecule has 1 aliphatic carbocycles. The van der Waals surface area contributed by atoms with Gasteiger partial charge >= 0.3 is 5.97 Å². The maximum Gasteiger partial charge on any atom is 0.306 e. The van der Waals surface area contributed by atoms with Gasteiger partial charge in [-0.05, 0) is 69.6 Å². The van der Waals surface area contributed by atoms with Crippen molar-refractivity contribution in [3.63, 3.8) is 0 Å². The highest BCUT2D eigenvalue weighted by Gasteiger charge is 2.39. The van der Waals surface area contributed by atoms with E-state index in [9.17, 15) is 20.1 Å². The molecule has 6 heteroatoms. The Labute approximate surface area is 214 Å². The summed E-state index contributed by atoms with van der Waals surface area (Å²) in [5.41, 5.74) is 2.15. The summed E-state index contributed by atoms with van der Waals surface area (Å²) in [4.78, 5) is 11.6. The zero-order valence-electron chi connectivity index (χ0n) is 21.3. The molecular weight excluding hydrogens is 456 g/mol. The first kappa shape index (κ1) is 27.9. The van der Waals surface area contributed by atoms with E-state index in [1.807, 2.05) is 68.5 Å². The Bertz CT molecular complexity index is 960. The molecule has 196 valence electrons. The number of ether oxygens (including phenoxy) is 1. The van der Waals surface area contributed by atoms with Crippen LogP contribution in [-0.2, 0) is 16.0 Å². The number of carbonyl (C=O) groups excluding carboxylic acids is 1. The van der Waals surface area contributed by atoms with E-state index < -0.39 is 18.3 Å². The number of esters is 1. The maximum absolute atomic E-state index is 11.6. The lowest BCUT2D eigenvalue weighted by atomic mass is 9.89. The number of hydrogen-bond acceptors (Lipinski definition) is 6. The predicted molar refractivity (Wildman–Crippen MR) is 140 cm³/mol. The maximum atomic E-state index is 11.6. The molecule has 0 amide bonds. The molecule has 0 aliphatic heterocycles. The number of unbranched alkanes of at least 4 members (excludes halogenated alkanes) is 1. The lowest BCUT2D eigenvalue weighted by Gasteiger charge is -2.19. The van der Waals surface area contributed by atoms with E-state index in [1.54, 1.807) is 12.3 Å². The zero-order chi connectivity index (χ0) is 25.9. The third kappa shape index (κ3) is 8.77. The Kier molecular flexibility index (Phi) is 11.0. The van der Waals surface area contributed by atoms with Crippen molar-refractivity contribution in [1.82, 2.24) is 0 Å². The molecular formula is C30H40O6. The molecule has 0 unspecified atom stereocenters. The van der Waals surface area contributed by atoms with Crippen LogP contribution in [0, 0.1) is 11.8 Å². The van der Waals surface area contributed by atoms with E-state index in [1.165, 1.54) is 0 Å². The van der Waals surface area contributed by atoms with Crippen molar-refractivity contribution in [3.05, 3.63) is 72.5 Å². The van der Waals surface area contributed by atoms with Gasteiger partial charge in [0.15, 0.2) is 0 Å². The van der Waals surface area contributed by atoms with Gasteiger partial charge in [-0.2, -0.15) is 0 Å². The van der Waals surface area contributed by atoms with Gasteiger partial charge in [-0.3, -0.25) is 4.79 Å². The Morgan fingerprint density at radius 1 is 1.14 bits per heavy atom. The van der Waals surface area contributed by atoms with Crippen LogP contribution < -0.4 is 0 Å². The molecule has 0 saturated heterocycles. The van der Waals surface area contributed by atoms with E-state index >= 15 is 0 Å². The number of aliphatic hydroxyl groups is 3. The molecule has 1 heterocycles. The first-order chi connectivity index (χ1) is 17.3. The first-order valence-electron chi connectivity index (χ1n) is 13.0. The number of rotatable bonds is 13. The molecule has 3 N–H and O–H groups in total. The normalized spacial score (nSPS) is 23.2. The van der Waals surface area contributed by atoms with Gasteiger partial charge in [0.2, 0.25) is 0 Å². The molecule has 1 aliphatic rings. The van der Waals surface area contributed by atoms with Gasteiger partial charge in [-0.25, -0.2) is 0 Å². The molecule has 5 atom stereocenters. The van der Waals surface area contributed by atoms with Crippen molar-refractivity contribution in [1.29, 1.82) is 0 Å². The molecule has 1 aromatic heterocycles. The van der Waals surface area contributed by atoms with Crippen molar-refractivity contribution < 1.29 is 29.3 Å². The third-order valence-corrected chi connectivity index (χ3v) is 6.65. The number of furan rings is 1. The van der Waals surface area contributed by atoms with Gasteiger partial charge < -0.3 is 24.5 Å². The Hall–Kier alpha value is -2.67. The van der Waals surface area contributed by atoms with Crippen molar-refractivity contribution >= 4 is 5.97 Å². The number of benzene rings is 1. The summed E-state index contributed by atoms with van der Waals surface area (Å²) in [5.74, 6) is 0.354. The molecule has 1 saturated carbocycles. The van der Waals surface area contributed by atoms with Crippen LogP contribution in [0.1, 0.15) is 57.9 Å². The number of carbonyl (C=O) groups is 1. The number of aryl methyl sites for hydroxylation is 1. The van der Waals surface area contributed by atoms with Gasteiger partial charge in [0.25, 0.3) is 0 Å². The highest BCUT2D eigenvalue weighted by Crippen LogP contribution is 2.36. The average molecular weight is 497 g/mol. The standard InChI is InChI=1S/C30H40O6/c1-21(2)36-30(34)10-6-4-3-5-8-25-26(28(33)20-27(25)32)18-17-24(31)16-13-22-11-14-23(15-12-22)29-9-7-19-35-29/h3,5,7,9,11-12,14-15,17-19,21,24-28,31-33H,4,6,8,10,13,16,20H2,1-2H3/b5-3-,18-17+/t24-,25+,26+,27-,28+/m0/s1. The van der Waals surface area contributed by atoms with Crippen molar-refractivity contribution in [2.45, 2.75) is 83.2 Å². The van der Waals surface area contributed by atoms with Crippen LogP contribution in [0.3, 0.4) is 0 Å². The predicted octanol–water partition coefficient (Wildman–Crippen LogP) is 5.22. The van der Waals surface area contributed by atoms with E-state index in [0.717, 1.165) is 36.1 Å². The minimum atomic E-state index is -0.624. The molecule has 3 rings (SSSR count). The molecule has 36 heavy (non-hydrogen) atoms. The summed E-state index contributed by atoms with van der Waals surface area (Å²) in [6, 6.07) is 11.9. The monoisotopic (exact) mass is 496 g/mol. The summed E-state index contributed by atoms with van der Waals surface area (Å²) in [5, 5.41) is 31.4. The van der Waals surface area contributed by atoms with E-state index in [-0.39, 0.29) is 23.9 Å². The van der Waals surface area contributed by atoms with Gasteiger partial charge in [-0.1, -0.05) is 48.6 Å². The fraction of sp³-hybridized carbons (Fsp3) is 0.500. The van der Waals surface area contributed by atoms with E-state index in [4.69, 9.17) is 9.15 Å². The fourth-order valence-electron chi connectivity index (χ4n) is 4.71. The molecule has 0 radical (unpaired) electrons. The van der Waals surface area contributed by atoms with Crippen LogP contribution in [0.2, 0.25) is 0 Å². The van der Waals surface area contributed by atoms with E-state index in [2.05, 4.69) is 0 Å². The van der Waals surface area contributed by atoms with Gasteiger partial charge in [-0.15, -0.1) is 0 Å². The van der Waals surface area contributed by atoms with Crippen molar-refractivity contribution in [2.24, 2.45) is 11.8 Å². The molecule has 2 aromatic rings. The first-order valence-corrected chi connectivity index (χ1v) is 13.0. The van der Waals surface area contributed by atoms with Gasteiger partial charge in [0.05, 0.1) is 30.7 Å². The third-order valence-electron chi connectivity index (χ3n) is 6.65. The molecule has 6 nitrogen and oxygen atoms in total. The Morgan fingerprint density at radius 3 is 2.61 bits per heavy atom.